The number of hydrogen-bond acceptors (Lipinski definition) is 2. The van der Waals surface area contributed by atoms with E-state index in [0.717, 1.165) is 5.56 Å². The molecule has 0 bridgehead atoms. The number of nitriles is 1. The molecule has 0 aliphatic rings. The lowest BCUT2D eigenvalue weighted by atomic mass is 10.1. The van der Waals surface area contributed by atoms with Crippen LogP contribution < -0.4 is 5.32 Å². The molecule has 0 radical (unpaired) electrons. The Morgan fingerprint density at radius 2 is 1.90 bits per heavy atom. The molecule has 1 amide bonds. The lowest BCUT2D eigenvalue weighted by Crippen LogP contribution is -2.35. The smallest absolute Gasteiger partial charge is 0.253 e. The van der Waals surface area contributed by atoms with Crippen molar-refractivity contribution in [3.63, 3.8) is 0 Å². The molecular formula is C16H12Cl2N2O. The molecule has 0 spiro atoms. The molecule has 0 fully saturated rings. The number of nitrogens with zero attached hydrogens (tertiary/aromatic N) is 1. The highest BCUT2D eigenvalue weighted by Crippen LogP contribution is 2.20. The quantitative estimate of drug-likeness (QED) is 0.930. The van der Waals surface area contributed by atoms with Gasteiger partial charge in [-0.3, -0.25) is 4.79 Å². The van der Waals surface area contributed by atoms with Crippen LogP contribution in [0.5, 0.6) is 0 Å². The van der Waals surface area contributed by atoms with Crippen molar-refractivity contribution in [2.24, 2.45) is 0 Å². The minimum absolute atomic E-state index is 0.262. The first-order valence-corrected chi connectivity index (χ1v) is 7.05. The monoisotopic (exact) mass is 318 g/mol. The van der Waals surface area contributed by atoms with E-state index in [4.69, 9.17) is 23.2 Å². The predicted molar refractivity (Wildman–Crippen MR) is 83.5 cm³/mol. The molecule has 2 aromatic carbocycles. The van der Waals surface area contributed by atoms with Gasteiger partial charge in [0.05, 0.1) is 16.7 Å². The zero-order valence-electron chi connectivity index (χ0n) is 11.0. The van der Waals surface area contributed by atoms with E-state index in [9.17, 15) is 10.1 Å². The van der Waals surface area contributed by atoms with Crippen LogP contribution in [0.3, 0.4) is 0 Å². The molecule has 0 aliphatic carbocycles. The van der Waals surface area contributed by atoms with E-state index in [1.807, 2.05) is 30.3 Å². The Morgan fingerprint density at radius 1 is 1.19 bits per heavy atom. The highest BCUT2D eigenvalue weighted by Gasteiger charge is 2.16. The zero-order chi connectivity index (χ0) is 15.2. The fourth-order valence-corrected chi connectivity index (χ4v) is 2.26. The molecule has 2 rings (SSSR count). The first-order valence-electron chi connectivity index (χ1n) is 6.29. The Labute approximate surface area is 133 Å². The first kappa shape index (κ1) is 15.4. The molecule has 106 valence electrons. The van der Waals surface area contributed by atoms with E-state index in [-0.39, 0.29) is 5.56 Å². The molecule has 3 nitrogen and oxygen atoms in total. The Kier molecular flexibility index (Phi) is 5.21. The molecule has 1 atom stereocenters. The lowest BCUT2D eigenvalue weighted by Gasteiger charge is -2.12. The Bertz CT molecular complexity index is 680. The second-order valence-corrected chi connectivity index (χ2v) is 5.31. The van der Waals surface area contributed by atoms with Crippen molar-refractivity contribution in [1.29, 1.82) is 5.26 Å². The van der Waals surface area contributed by atoms with Gasteiger partial charge in [0.2, 0.25) is 0 Å². The van der Waals surface area contributed by atoms with Gasteiger partial charge in [-0.1, -0.05) is 53.5 Å². The van der Waals surface area contributed by atoms with Gasteiger partial charge in [-0.25, -0.2) is 0 Å². The summed E-state index contributed by atoms with van der Waals surface area (Å²) in [6.07, 6.45) is 0.432. The molecule has 5 heteroatoms. The van der Waals surface area contributed by atoms with E-state index in [0.29, 0.717) is 16.5 Å². The molecule has 0 aromatic heterocycles. The van der Waals surface area contributed by atoms with Crippen LogP contribution in [0.25, 0.3) is 0 Å². The summed E-state index contributed by atoms with van der Waals surface area (Å²) in [5.74, 6) is -0.412. The lowest BCUT2D eigenvalue weighted by molar-refractivity contribution is 0.0945. The number of halogens is 2. The van der Waals surface area contributed by atoms with Crippen molar-refractivity contribution >= 4 is 29.1 Å². The molecular weight excluding hydrogens is 307 g/mol. The normalized spacial score (nSPS) is 11.5. The Balaban J connectivity index is 2.10. The molecule has 0 saturated carbocycles. The maximum absolute atomic E-state index is 12.2. The maximum Gasteiger partial charge on any atom is 0.253 e. The van der Waals surface area contributed by atoms with Crippen LogP contribution in [0.1, 0.15) is 15.9 Å². The predicted octanol–water partition coefficient (Wildman–Crippen LogP) is 3.86. The summed E-state index contributed by atoms with van der Waals surface area (Å²) < 4.78 is 0. The second-order valence-electron chi connectivity index (χ2n) is 4.47. The van der Waals surface area contributed by atoms with Crippen molar-refractivity contribution < 1.29 is 4.79 Å². The third-order valence-electron chi connectivity index (χ3n) is 2.92. The SMILES string of the molecule is N#CC(Cc1ccccc1)NC(=O)c1cc(Cl)ccc1Cl. The summed E-state index contributed by atoms with van der Waals surface area (Å²) in [6, 6.07) is 15.6. The van der Waals surface area contributed by atoms with Gasteiger partial charge in [-0.05, 0) is 23.8 Å². The largest absolute Gasteiger partial charge is 0.336 e. The van der Waals surface area contributed by atoms with Crippen molar-refractivity contribution in [3.8, 4) is 6.07 Å². The summed E-state index contributed by atoms with van der Waals surface area (Å²) in [7, 11) is 0. The molecule has 1 unspecified atom stereocenters. The average molecular weight is 319 g/mol. The summed E-state index contributed by atoms with van der Waals surface area (Å²) in [6.45, 7) is 0. The van der Waals surface area contributed by atoms with Crippen LogP contribution in [0, 0.1) is 11.3 Å². The molecule has 0 saturated heterocycles. The van der Waals surface area contributed by atoms with Gasteiger partial charge in [0.15, 0.2) is 0 Å². The third kappa shape index (κ3) is 4.22. The van der Waals surface area contributed by atoms with E-state index in [2.05, 4.69) is 11.4 Å². The Hall–Kier alpha value is -2.02. The molecule has 0 aliphatic heterocycles. The fourth-order valence-electron chi connectivity index (χ4n) is 1.89. The van der Waals surface area contributed by atoms with Gasteiger partial charge in [0, 0.05) is 11.4 Å². The second kappa shape index (κ2) is 7.12. The molecule has 1 N–H and O–H groups in total. The maximum atomic E-state index is 12.2. The fraction of sp³-hybridized carbons (Fsp3) is 0.125. The van der Waals surface area contributed by atoms with Crippen LogP contribution in [0.15, 0.2) is 48.5 Å². The van der Waals surface area contributed by atoms with Crippen LogP contribution in [-0.4, -0.2) is 11.9 Å². The summed E-state index contributed by atoms with van der Waals surface area (Å²) >= 11 is 11.8. The number of hydrogen-bond donors (Lipinski definition) is 1. The van der Waals surface area contributed by atoms with Gasteiger partial charge in [-0.2, -0.15) is 5.26 Å². The molecule has 0 heterocycles. The van der Waals surface area contributed by atoms with E-state index < -0.39 is 11.9 Å². The highest BCUT2D eigenvalue weighted by molar-refractivity contribution is 6.35. The van der Waals surface area contributed by atoms with Gasteiger partial charge in [0.1, 0.15) is 6.04 Å². The number of carbonyl (C=O) groups is 1. The number of amides is 1. The third-order valence-corrected chi connectivity index (χ3v) is 3.48. The number of rotatable bonds is 4. The Morgan fingerprint density at radius 3 is 2.57 bits per heavy atom. The molecule has 2 aromatic rings. The number of carbonyl (C=O) groups excluding carboxylic acids is 1. The van der Waals surface area contributed by atoms with Crippen molar-refractivity contribution in [3.05, 3.63) is 69.7 Å². The van der Waals surface area contributed by atoms with Gasteiger partial charge in [0.25, 0.3) is 5.91 Å². The van der Waals surface area contributed by atoms with Gasteiger partial charge < -0.3 is 5.32 Å². The standard InChI is InChI=1S/C16H12Cl2N2O/c17-12-6-7-15(18)14(9-12)16(21)20-13(10-19)8-11-4-2-1-3-5-11/h1-7,9,13H,8H2,(H,20,21). The van der Waals surface area contributed by atoms with Gasteiger partial charge >= 0.3 is 0 Å². The van der Waals surface area contributed by atoms with Crippen molar-refractivity contribution in [1.82, 2.24) is 5.32 Å². The topological polar surface area (TPSA) is 52.9 Å². The zero-order valence-corrected chi connectivity index (χ0v) is 12.5. The van der Waals surface area contributed by atoms with Crippen LogP contribution in [-0.2, 0) is 6.42 Å². The minimum atomic E-state index is -0.630. The van der Waals surface area contributed by atoms with E-state index in [1.54, 1.807) is 12.1 Å². The number of benzene rings is 2. The van der Waals surface area contributed by atoms with Crippen molar-refractivity contribution in [2.45, 2.75) is 12.5 Å². The van der Waals surface area contributed by atoms with Crippen LogP contribution >= 0.6 is 23.2 Å². The number of nitrogens with one attached hydrogen (secondary N) is 1. The highest BCUT2D eigenvalue weighted by atomic mass is 35.5. The summed E-state index contributed by atoms with van der Waals surface area (Å²) in [5.41, 5.74) is 1.24. The first-order chi connectivity index (χ1) is 10.1. The van der Waals surface area contributed by atoms with Crippen molar-refractivity contribution in [2.75, 3.05) is 0 Å². The van der Waals surface area contributed by atoms with Crippen LogP contribution in [0.4, 0.5) is 0 Å². The summed E-state index contributed by atoms with van der Waals surface area (Å²) in [5, 5.41) is 12.6. The van der Waals surface area contributed by atoms with E-state index >= 15 is 0 Å². The minimum Gasteiger partial charge on any atom is -0.336 e. The van der Waals surface area contributed by atoms with Gasteiger partial charge in [-0.15, -0.1) is 0 Å². The summed E-state index contributed by atoms with van der Waals surface area (Å²) in [4.78, 5) is 12.2. The van der Waals surface area contributed by atoms with Crippen LogP contribution in [0.2, 0.25) is 10.0 Å². The average Bonchev–Trinajstić information content (AvgIpc) is 2.50. The van der Waals surface area contributed by atoms with E-state index in [1.165, 1.54) is 6.07 Å². The molecule has 21 heavy (non-hydrogen) atoms.